The SMILES string of the molecule is C=CC(=O)N1CCN(C2NC(=O)N3C4NC(C(F)CC42)C2C(F)CCCC2N2C=C(CCN(C)C4CCCC(C(C)C)C43)NN2)[C@@H](C)C1.C=CC(=O)N1C[C@H](C)N(C2NC(=O)N3C4NC(C(F)CC42)C2C(F)CCCC2N2C=C(CCN(C)C4CCCC(C(C)C)C43)NN2)C[C@H]1C.C=CC(=O)N1C[C@H](C)N(C2NC(=O)N3C4NC(C(F)CC42)C2C(F)CCCC2N2C=C(CN(C)C4CCCC(C(C)C)C43)NN2)C[C@H]1C. The number of urea groups is 3. The van der Waals surface area contributed by atoms with Crippen molar-refractivity contribution in [2.45, 2.75) is 401 Å². The summed E-state index contributed by atoms with van der Waals surface area (Å²) >= 11 is 0. The van der Waals surface area contributed by atoms with Crippen molar-refractivity contribution in [2.24, 2.45) is 71.0 Å². The molecule has 12 bridgehead atoms. The fourth-order valence-electron chi connectivity index (χ4n) is 32.1. The van der Waals surface area contributed by atoms with Gasteiger partial charge in [-0.3, -0.25) is 65.0 Å². The summed E-state index contributed by atoms with van der Waals surface area (Å²) < 4.78 is 99.6. The first kappa shape index (κ1) is 106. The first-order chi connectivity index (χ1) is 69.5. The highest BCUT2D eigenvalue weighted by molar-refractivity contribution is 5.88. The predicted molar refractivity (Wildman–Crippen MR) is 545 cm³/mol. The van der Waals surface area contributed by atoms with Crippen LogP contribution in [0.4, 0.5) is 40.7 Å². The Morgan fingerprint density at radius 2 is 0.676 bits per heavy atom. The van der Waals surface area contributed by atoms with E-state index in [1.54, 1.807) is 4.90 Å². The van der Waals surface area contributed by atoms with E-state index in [9.17, 15) is 28.8 Å². The standard InChI is InChI=1S/C36H59F2N9O2.2C35H57F2N9O2/c1-7-30(48)44-17-22(5)45(18-21(44)4)34-25-16-27(38)32-31-26(37)11-9-12-28(31)46-19-23(41-42-46)14-15-43(6)29-13-8-10-24(20(2)3)33(29)47(35(25)39-32)36(49)40-34;1-7-29(47)43-15-21(5)44(16-20(43)4)33-24-14-26(37)31-30-25(36)11-9-12-27(30)45-18-22(40-41-45)17-42(6)28-13-8-10-23(19(2)3)32(28)46(34(24)38-31)35(48)39-33;1-6-29(47)43-15-16-44(21(4)18-43)33-24-17-26(37)31-30-25(36)10-8-11-27(30)45-19-22(40-41-45)13-14-42(5)28-12-7-9-23(20(2)3)32(28)46(34(24)38-31)35(48)39-33/h7,19-22,24-29,31-35,39,41-42H,1,8-18H2,2-6H3,(H,40,49);7,18-21,23-28,30-34,38,40-41H,1,8-17H2,2-6H3,(H,39,48);6,19-21,23-28,30-34,38,40-41H,1,7-18H2,2-5H3,(H,39,48)/t21-,22+,24?,25?,26?,27?,28?,29?,31?,32?,33?,34?,35?;20-,21+,23?,24?,25?,26?,27?,28?,30?,31?,32?,33?,34?;21-,23?,24?,25?,26?,27?,28?,30?,31?,32?,33?,34?/m110/s1. The minimum atomic E-state index is -1.29. The van der Waals surface area contributed by atoms with Gasteiger partial charge in [-0.25, -0.2) is 40.7 Å². The van der Waals surface area contributed by atoms with E-state index in [1.165, 1.54) is 18.2 Å². The highest BCUT2D eigenvalue weighted by Gasteiger charge is 2.65. The van der Waals surface area contributed by atoms with Crippen molar-refractivity contribution in [2.75, 3.05) is 86.6 Å². The minimum Gasteiger partial charge on any atom is -0.336 e. The molecule has 15 aliphatic heterocycles. The lowest BCUT2D eigenvalue weighted by atomic mass is 9.70. The number of piperidine rings is 3. The van der Waals surface area contributed by atoms with Crippen LogP contribution in [-0.2, 0) is 14.4 Å². The van der Waals surface area contributed by atoms with E-state index in [0.29, 0.717) is 89.4 Å². The lowest BCUT2D eigenvalue weighted by Gasteiger charge is -2.61. The normalized spacial score (nSPS) is 43.3. The van der Waals surface area contributed by atoms with Gasteiger partial charge >= 0.3 is 18.1 Å². The molecule has 33 unspecified atom stereocenters. The molecule has 6 saturated carbocycles. The second kappa shape index (κ2) is 44.1. The molecule has 810 valence electrons. The van der Waals surface area contributed by atoms with Crippen LogP contribution in [0.5, 0.6) is 0 Å². The summed E-state index contributed by atoms with van der Waals surface area (Å²) in [4.78, 5) is 108. The molecule has 15 heterocycles. The number of piperazine rings is 3. The number of fused-ring (bicyclic) bond motifs is 21. The zero-order valence-corrected chi connectivity index (χ0v) is 88.5. The van der Waals surface area contributed by atoms with Crippen molar-refractivity contribution < 1.29 is 55.1 Å². The molecule has 39 heteroatoms. The summed E-state index contributed by atoms with van der Waals surface area (Å²) in [6, 6.07) is -3.56. The van der Waals surface area contributed by atoms with Gasteiger partial charge < -0.3 is 71.4 Å². The Balaban J connectivity index is 0.000000137. The maximum absolute atomic E-state index is 17.0. The molecule has 21 aliphatic rings. The number of likely N-dealkylation sites (N-methyl/N-ethyl adjacent to an activating group) is 3. The van der Waals surface area contributed by atoms with Crippen LogP contribution in [0.15, 0.2) is 73.7 Å². The Hall–Kier alpha value is -7.44. The number of alkyl halides is 6. The molecule has 0 spiro atoms. The number of nitrogens with zero attached hydrogens (tertiary/aromatic N) is 15. The first-order valence-corrected chi connectivity index (χ1v) is 56.1. The molecule has 145 heavy (non-hydrogen) atoms. The van der Waals surface area contributed by atoms with Crippen LogP contribution in [-0.4, -0.2) is 373 Å². The maximum Gasteiger partial charge on any atom is 0.320 e. The molecule has 21 rings (SSSR count). The van der Waals surface area contributed by atoms with Gasteiger partial charge in [0.05, 0.1) is 78.9 Å². The third-order valence-corrected chi connectivity index (χ3v) is 39.3. The first-order valence-electron chi connectivity index (χ1n) is 56.1. The average molecular weight is 2040 g/mol. The van der Waals surface area contributed by atoms with Crippen molar-refractivity contribution in [3.8, 4) is 0 Å². The smallest absolute Gasteiger partial charge is 0.320 e. The fraction of sp³-hybridized carbons (Fsp3) is 0.830. The van der Waals surface area contributed by atoms with Gasteiger partial charge in [-0.15, -0.1) is 16.6 Å². The largest absolute Gasteiger partial charge is 0.336 e. The van der Waals surface area contributed by atoms with Gasteiger partial charge in [0.2, 0.25) is 17.7 Å². The molecule has 0 aromatic carbocycles. The van der Waals surface area contributed by atoms with Crippen LogP contribution in [0.3, 0.4) is 0 Å². The maximum atomic E-state index is 17.0. The number of hydrazine groups is 6. The van der Waals surface area contributed by atoms with Crippen LogP contribution in [0.1, 0.15) is 224 Å². The van der Waals surface area contributed by atoms with Gasteiger partial charge in [0.1, 0.15) is 37.0 Å². The molecule has 38 atom stereocenters. The topological polar surface area (TPSA) is 295 Å². The third kappa shape index (κ3) is 20.4. The lowest BCUT2D eigenvalue weighted by molar-refractivity contribution is -0.138. The van der Waals surface area contributed by atoms with E-state index in [1.807, 2.05) is 38.7 Å². The highest BCUT2D eigenvalue weighted by Crippen LogP contribution is 2.52. The Morgan fingerprint density at radius 3 is 1.02 bits per heavy atom. The van der Waals surface area contributed by atoms with E-state index in [0.717, 1.165) is 139 Å². The van der Waals surface area contributed by atoms with Gasteiger partial charge in [-0.2, -0.15) is 0 Å². The van der Waals surface area contributed by atoms with Crippen LogP contribution < -0.4 is 64.8 Å². The van der Waals surface area contributed by atoms with E-state index in [2.05, 4.69) is 231 Å². The van der Waals surface area contributed by atoms with Crippen LogP contribution in [0.2, 0.25) is 0 Å². The van der Waals surface area contributed by atoms with Crippen molar-refractivity contribution in [1.82, 2.24) is 139 Å². The number of hydrogen-bond donors (Lipinski definition) is 12. The summed E-state index contributed by atoms with van der Waals surface area (Å²) in [7, 11) is 6.51. The molecule has 9 amide bonds. The van der Waals surface area contributed by atoms with E-state index in [-0.39, 0.29) is 175 Å². The number of nitrogens with one attached hydrogen (secondary N) is 12. The molecule has 12 N–H and O–H groups in total. The summed E-state index contributed by atoms with van der Waals surface area (Å²) in [5, 5.41) is 27.4. The molecule has 0 aromatic rings. The molecule has 33 nitrogen and oxygen atoms in total. The minimum absolute atomic E-state index is 0.0431. The van der Waals surface area contributed by atoms with Crippen molar-refractivity contribution in [3.63, 3.8) is 0 Å². The number of carbonyl (C=O) groups excluding carboxylic acids is 6. The monoisotopic (exact) mass is 2030 g/mol. The highest BCUT2D eigenvalue weighted by atomic mass is 19.2. The Morgan fingerprint density at radius 1 is 0.359 bits per heavy atom. The van der Waals surface area contributed by atoms with Crippen molar-refractivity contribution in [1.29, 1.82) is 0 Å². The number of hydrogen-bond acceptors (Lipinski definition) is 24. The quantitative estimate of drug-likeness (QED) is 0.0757. The van der Waals surface area contributed by atoms with Gasteiger partial charge in [0, 0.05) is 210 Å². The Labute approximate surface area is 857 Å². The molecule has 0 aromatic heterocycles. The van der Waals surface area contributed by atoms with E-state index in [4.69, 9.17) is 0 Å². The van der Waals surface area contributed by atoms with E-state index >= 15 is 26.3 Å². The molecule has 6 aliphatic carbocycles. The summed E-state index contributed by atoms with van der Waals surface area (Å²) in [5.74, 6) is -1.01. The lowest BCUT2D eigenvalue weighted by Crippen LogP contribution is -2.80. The van der Waals surface area contributed by atoms with Crippen LogP contribution in [0, 0.1) is 71.0 Å². The van der Waals surface area contributed by atoms with Crippen LogP contribution >= 0.6 is 0 Å². The second-order valence-corrected chi connectivity index (χ2v) is 48.6. The van der Waals surface area contributed by atoms with Gasteiger partial charge in [0.25, 0.3) is 0 Å². The third-order valence-electron chi connectivity index (χ3n) is 39.3. The van der Waals surface area contributed by atoms with Crippen molar-refractivity contribution in [3.05, 3.63) is 73.7 Å². The molecular formula is C106H173F6N27O6. The average Bonchev–Trinajstić information content (AvgIpc) is 1.14. The second-order valence-electron chi connectivity index (χ2n) is 48.6. The molecule has 9 saturated heterocycles. The zero-order chi connectivity index (χ0) is 103. The number of halogens is 6. The van der Waals surface area contributed by atoms with Crippen LogP contribution in [0.25, 0.3) is 0 Å². The van der Waals surface area contributed by atoms with Gasteiger partial charge in [-0.05, 0) is 225 Å². The fourth-order valence-corrected chi connectivity index (χ4v) is 32.1. The molecule has 15 fully saturated rings. The summed E-state index contributed by atoms with van der Waals surface area (Å²) in [6.07, 6.45) is 17.6. The number of amides is 9. The van der Waals surface area contributed by atoms with Gasteiger partial charge in [-0.1, -0.05) is 80.5 Å². The van der Waals surface area contributed by atoms with Gasteiger partial charge in [0.15, 0.2) is 0 Å². The molecular weight excluding hydrogens is 1860 g/mol. The summed E-state index contributed by atoms with van der Waals surface area (Å²) in [5.41, 5.74) is 22.9. The Bertz CT molecular complexity index is 4710. The Kier molecular flexibility index (Phi) is 32.2. The predicted octanol–water partition coefficient (Wildman–Crippen LogP) is 9.09. The zero-order valence-electron chi connectivity index (χ0n) is 88.5. The molecule has 0 radical (unpaired) electrons. The number of rotatable bonds is 9. The number of carbonyl (C=O) groups is 6. The van der Waals surface area contributed by atoms with Crippen molar-refractivity contribution >= 4 is 35.8 Å². The summed E-state index contributed by atoms with van der Waals surface area (Å²) in [6.45, 7) is 40.8. The van der Waals surface area contributed by atoms with E-state index < -0.39 is 110 Å².